The van der Waals surface area contributed by atoms with Crippen LogP contribution in [0.15, 0.2) is 85.1 Å². The van der Waals surface area contributed by atoms with E-state index in [9.17, 15) is 4.79 Å². The molecule has 1 aliphatic heterocycles. The maximum Gasteiger partial charge on any atom is 0.410 e. The first-order valence-electron chi connectivity index (χ1n) is 9.46. The van der Waals surface area contributed by atoms with Crippen LogP contribution in [-0.4, -0.2) is 29.1 Å². The third kappa shape index (κ3) is 4.29. The lowest BCUT2D eigenvalue weighted by atomic mass is 10.0. The lowest BCUT2D eigenvalue weighted by molar-refractivity contribution is 0.0998. The van der Waals surface area contributed by atoms with Crippen molar-refractivity contribution >= 4 is 11.7 Å². The Morgan fingerprint density at radius 3 is 2.32 bits per heavy atom. The molecule has 2 aromatic carbocycles. The molecule has 28 heavy (non-hydrogen) atoms. The van der Waals surface area contributed by atoms with Crippen LogP contribution in [0.4, 0.5) is 4.79 Å². The molecule has 0 atom stereocenters. The van der Waals surface area contributed by atoms with Gasteiger partial charge in [0.1, 0.15) is 6.61 Å². The van der Waals surface area contributed by atoms with Crippen LogP contribution >= 0.6 is 0 Å². The van der Waals surface area contributed by atoms with Gasteiger partial charge in [0.25, 0.3) is 0 Å². The number of ether oxygens (including phenoxy) is 1. The van der Waals surface area contributed by atoms with Crippen LogP contribution in [0.5, 0.6) is 0 Å². The summed E-state index contributed by atoms with van der Waals surface area (Å²) in [5.41, 5.74) is 5.40. The number of hydrogen-bond acceptors (Lipinski definition) is 3. The van der Waals surface area contributed by atoms with Crippen molar-refractivity contribution in [3.63, 3.8) is 0 Å². The number of carbonyl (C=O) groups excluding carboxylic acids is 1. The number of aromatic nitrogens is 1. The third-order valence-corrected chi connectivity index (χ3v) is 4.87. The molecule has 0 saturated heterocycles. The molecule has 0 spiro atoms. The number of benzene rings is 2. The Morgan fingerprint density at radius 2 is 1.68 bits per heavy atom. The fraction of sp³-hybridized carbons (Fsp3) is 0.167. The highest BCUT2D eigenvalue weighted by molar-refractivity contribution is 5.72. The molecule has 0 radical (unpaired) electrons. The van der Waals surface area contributed by atoms with Crippen molar-refractivity contribution in [1.82, 2.24) is 9.88 Å². The molecule has 1 aliphatic rings. The highest BCUT2D eigenvalue weighted by Gasteiger charge is 2.19. The number of amides is 1. The summed E-state index contributed by atoms with van der Waals surface area (Å²) in [4.78, 5) is 18.6. The fourth-order valence-electron chi connectivity index (χ4n) is 3.26. The van der Waals surface area contributed by atoms with Crippen molar-refractivity contribution in [3.8, 4) is 11.1 Å². The van der Waals surface area contributed by atoms with Crippen molar-refractivity contribution in [2.24, 2.45) is 0 Å². The molecule has 3 aromatic rings. The number of nitrogens with zero attached hydrogens (tertiary/aromatic N) is 2. The second-order valence-electron chi connectivity index (χ2n) is 6.76. The second-order valence-corrected chi connectivity index (χ2v) is 6.76. The number of carbonyl (C=O) groups is 1. The Morgan fingerprint density at radius 1 is 0.929 bits per heavy atom. The van der Waals surface area contributed by atoms with Gasteiger partial charge >= 0.3 is 6.09 Å². The summed E-state index contributed by atoms with van der Waals surface area (Å²) in [6, 6.07) is 24.1. The van der Waals surface area contributed by atoms with Crippen LogP contribution in [0, 0.1) is 0 Å². The maximum atomic E-state index is 12.3. The monoisotopic (exact) mass is 370 g/mol. The molecule has 140 valence electrons. The van der Waals surface area contributed by atoms with Crippen molar-refractivity contribution in [2.45, 2.75) is 13.0 Å². The summed E-state index contributed by atoms with van der Waals surface area (Å²) in [6.45, 7) is 1.49. The van der Waals surface area contributed by atoms with Crippen molar-refractivity contribution in [2.75, 3.05) is 13.1 Å². The summed E-state index contributed by atoms with van der Waals surface area (Å²) in [7, 11) is 0. The van der Waals surface area contributed by atoms with Gasteiger partial charge in [-0.2, -0.15) is 0 Å². The first-order chi connectivity index (χ1) is 13.8. The van der Waals surface area contributed by atoms with E-state index in [1.54, 1.807) is 4.90 Å². The van der Waals surface area contributed by atoms with Crippen LogP contribution in [0.1, 0.15) is 17.7 Å². The molecule has 1 aromatic heterocycles. The van der Waals surface area contributed by atoms with E-state index in [-0.39, 0.29) is 6.09 Å². The molecule has 4 heteroatoms. The van der Waals surface area contributed by atoms with Crippen LogP contribution in [0.2, 0.25) is 0 Å². The van der Waals surface area contributed by atoms with Crippen LogP contribution in [-0.2, 0) is 11.3 Å². The minimum atomic E-state index is -0.272. The van der Waals surface area contributed by atoms with Gasteiger partial charge in [0.15, 0.2) is 0 Å². The summed E-state index contributed by atoms with van der Waals surface area (Å²) in [6.07, 6.45) is 4.48. The SMILES string of the molecule is O=C(OCc1ccccc1)N1CC=C(c2ccc(-c3ccccc3)cn2)CC1. The smallest absolute Gasteiger partial charge is 0.410 e. The lowest BCUT2D eigenvalue weighted by Gasteiger charge is -2.25. The van der Waals surface area contributed by atoms with Gasteiger partial charge in [-0.05, 0) is 29.2 Å². The number of hydrogen-bond donors (Lipinski definition) is 0. The summed E-state index contributed by atoms with van der Waals surface area (Å²) in [5, 5.41) is 0. The van der Waals surface area contributed by atoms with E-state index < -0.39 is 0 Å². The highest BCUT2D eigenvalue weighted by Crippen LogP contribution is 2.24. The van der Waals surface area contributed by atoms with Crippen LogP contribution in [0.25, 0.3) is 16.7 Å². The van der Waals surface area contributed by atoms with E-state index in [1.807, 2.05) is 54.7 Å². The molecular formula is C24H22N2O2. The average molecular weight is 370 g/mol. The molecule has 0 bridgehead atoms. The minimum absolute atomic E-state index is 0.272. The zero-order valence-electron chi connectivity index (χ0n) is 15.6. The third-order valence-electron chi connectivity index (χ3n) is 4.87. The molecule has 4 rings (SSSR count). The molecule has 0 saturated carbocycles. The van der Waals surface area contributed by atoms with Crippen LogP contribution < -0.4 is 0 Å². The van der Waals surface area contributed by atoms with E-state index in [4.69, 9.17) is 4.74 Å². The van der Waals surface area contributed by atoms with Crippen molar-refractivity contribution < 1.29 is 9.53 Å². The van der Waals surface area contributed by atoms with Gasteiger partial charge in [0, 0.05) is 24.8 Å². The predicted molar refractivity (Wildman–Crippen MR) is 110 cm³/mol. The van der Waals surface area contributed by atoms with E-state index in [0.29, 0.717) is 19.7 Å². The topological polar surface area (TPSA) is 42.4 Å². The fourth-order valence-corrected chi connectivity index (χ4v) is 3.26. The Labute approximate surface area is 165 Å². The Bertz CT molecular complexity index is 951. The van der Waals surface area contributed by atoms with Gasteiger partial charge in [-0.3, -0.25) is 4.98 Å². The summed E-state index contributed by atoms with van der Waals surface area (Å²) >= 11 is 0. The molecule has 1 amide bonds. The molecule has 2 heterocycles. The van der Waals surface area contributed by atoms with Gasteiger partial charge in [-0.1, -0.05) is 72.8 Å². The van der Waals surface area contributed by atoms with E-state index >= 15 is 0 Å². The molecule has 0 N–H and O–H groups in total. The van der Waals surface area contributed by atoms with E-state index in [1.165, 1.54) is 5.57 Å². The first kappa shape index (κ1) is 18.0. The first-order valence-corrected chi connectivity index (χ1v) is 9.46. The quantitative estimate of drug-likeness (QED) is 0.636. The average Bonchev–Trinajstić information content (AvgIpc) is 2.79. The second kappa shape index (κ2) is 8.53. The van der Waals surface area contributed by atoms with E-state index in [0.717, 1.165) is 28.8 Å². The zero-order chi connectivity index (χ0) is 19.2. The van der Waals surface area contributed by atoms with Crippen molar-refractivity contribution in [3.05, 3.63) is 96.3 Å². The minimum Gasteiger partial charge on any atom is -0.445 e. The standard InChI is InChI=1S/C24H22N2O2/c27-24(28-18-19-7-3-1-4-8-19)26-15-13-21(14-16-26)23-12-11-22(17-25-23)20-9-5-2-6-10-20/h1-13,17H,14-16,18H2. The largest absolute Gasteiger partial charge is 0.445 e. The molecule has 0 aliphatic carbocycles. The maximum absolute atomic E-state index is 12.3. The predicted octanol–water partition coefficient (Wildman–Crippen LogP) is 5.17. The van der Waals surface area contributed by atoms with Crippen molar-refractivity contribution in [1.29, 1.82) is 0 Å². The van der Waals surface area contributed by atoms with Gasteiger partial charge < -0.3 is 9.64 Å². The molecular weight excluding hydrogens is 348 g/mol. The Balaban J connectivity index is 1.35. The van der Waals surface area contributed by atoms with Gasteiger partial charge in [0.05, 0.1) is 5.69 Å². The molecule has 0 unspecified atom stereocenters. The van der Waals surface area contributed by atoms with Gasteiger partial charge in [-0.25, -0.2) is 4.79 Å². The summed E-state index contributed by atoms with van der Waals surface area (Å²) in [5.74, 6) is 0. The highest BCUT2D eigenvalue weighted by atomic mass is 16.6. The Kier molecular flexibility index (Phi) is 5.48. The molecule has 4 nitrogen and oxygen atoms in total. The number of pyridine rings is 1. The van der Waals surface area contributed by atoms with Crippen LogP contribution in [0.3, 0.4) is 0 Å². The Hall–Kier alpha value is -3.40. The summed E-state index contributed by atoms with van der Waals surface area (Å²) < 4.78 is 5.42. The lowest BCUT2D eigenvalue weighted by Crippen LogP contribution is -2.35. The zero-order valence-corrected chi connectivity index (χ0v) is 15.6. The van der Waals surface area contributed by atoms with E-state index in [2.05, 4.69) is 35.3 Å². The molecule has 0 fully saturated rings. The van der Waals surface area contributed by atoms with Gasteiger partial charge in [0.2, 0.25) is 0 Å². The number of rotatable bonds is 4. The van der Waals surface area contributed by atoms with Gasteiger partial charge in [-0.15, -0.1) is 0 Å². The normalized spacial score (nSPS) is 13.7.